The molecule has 2 nitrogen and oxygen atoms in total. The van der Waals surface area contributed by atoms with E-state index in [1.54, 1.807) is 0 Å². The highest BCUT2D eigenvalue weighted by Crippen LogP contribution is 2.24. The van der Waals surface area contributed by atoms with E-state index in [1.165, 1.54) is 20.0 Å². The third-order valence-electron chi connectivity index (χ3n) is 2.57. The number of alkyl halides is 3. The standard InChI is InChI=1S/C12H14F5NO/c1-7-3-4-8(13)10(11(7)14)9(18-2)5-19-6-12(15,16)17/h3-4,9,18H,5-6H2,1-2H3. The van der Waals surface area contributed by atoms with E-state index in [1.807, 2.05) is 0 Å². The summed E-state index contributed by atoms with van der Waals surface area (Å²) in [6.07, 6.45) is -4.47. The minimum atomic E-state index is -4.47. The number of hydrogen-bond donors (Lipinski definition) is 1. The summed E-state index contributed by atoms with van der Waals surface area (Å²) in [4.78, 5) is 0. The Morgan fingerprint density at radius 2 is 1.89 bits per heavy atom. The second kappa shape index (κ2) is 6.29. The molecule has 1 unspecified atom stereocenters. The molecule has 0 radical (unpaired) electrons. The summed E-state index contributed by atoms with van der Waals surface area (Å²) in [6.45, 7) is -0.491. The van der Waals surface area contributed by atoms with Gasteiger partial charge in [0.15, 0.2) is 0 Å². The lowest BCUT2D eigenvalue weighted by Gasteiger charge is -2.19. The molecule has 1 N–H and O–H groups in total. The van der Waals surface area contributed by atoms with Gasteiger partial charge in [-0.05, 0) is 25.6 Å². The summed E-state index contributed by atoms with van der Waals surface area (Å²) in [7, 11) is 1.39. The summed E-state index contributed by atoms with van der Waals surface area (Å²) in [6, 6.07) is 1.35. The van der Waals surface area contributed by atoms with E-state index in [9.17, 15) is 22.0 Å². The van der Waals surface area contributed by atoms with Crippen molar-refractivity contribution in [2.45, 2.75) is 19.1 Å². The van der Waals surface area contributed by atoms with E-state index >= 15 is 0 Å². The molecular weight excluding hydrogens is 269 g/mol. The van der Waals surface area contributed by atoms with Gasteiger partial charge in [0.1, 0.15) is 18.2 Å². The number of benzene rings is 1. The van der Waals surface area contributed by atoms with Crippen molar-refractivity contribution in [1.29, 1.82) is 0 Å². The van der Waals surface area contributed by atoms with E-state index in [-0.39, 0.29) is 11.1 Å². The molecule has 0 amide bonds. The first kappa shape index (κ1) is 15.8. The summed E-state index contributed by atoms with van der Waals surface area (Å²) >= 11 is 0. The first-order chi connectivity index (χ1) is 8.76. The van der Waals surface area contributed by atoms with Crippen LogP contribution in [0.3, 0.4) is 0 Å². The number of aryl methyl sites for hydroxylation is 1. The minimum Gasteiger partial charge on any atom is -0.370 e. The maximum absolute atomic E-state index is 13.8. The molecule has 1 aromatic rings. The summed E-state index contributed by atoms with van der Waals surface area (Å²) < 4.78 is 67.6. The Hall–Kier alpha value is -1.21. The Labute approximate surface area is 107 Å². The highest BCUT2D eigenvalue weighted by atomic mass is 19.4. The van der Waals surface area contributed by atoms with Crippen LogP contribution < -0.4 is 5.32 Å². The molecule has 0 saturated carbocycles. The molecular formula is C12H14F5NO. The van der Waals surface area contributed by atoms with E-state index in [2.05, 4.69) is 10.1 Å². The monoisotopic (exact) mass is 283 g/mol. The molecule has 0 bridgehead atoms. The lowest BCUT2D eigenvalue weighted by atomic mass is 10.0. The van der Waals surface area contributed by atoms with Gasteiger partial charge in [-0.1, -0.05) is 6.07 Å². The highest BCUT2D eigenvalue weighted by molar-refractivity contribution is 5.29. The molecule has 1 atom stereocenters. The molecule has 0 aromatic heterocycles. The topological polar surface area (TPSA) is 21.3 Å². The van der Waals surface area contributed by atoms with Gasteiger partial charge >= 0.3 is 6.18 Å². The van der Waals surface area contributed by atoms with Crippen LogP contribution in [0.1, 0.15) is 17.2 Å². The second-order valence-corrected chi connectivity index (χ2v) is 4.06. The molecule has 0 aliphatic rings. The average molecular weight is 283 g/mol. The van der Waals surface area contributed by atoms with Gasteiger partial charge in [-0.3, -0.25) is 0 Å². The Balaban J connectivity index is 2.83. The quantitative estimate of drug-likeness (QED) is 0.838. The molecule has 0 fully saturated rings. The maximum Gasteiger partial charge on any atom is 0.411 e. The lowest BCUT2D eigenvalue weighted by Crippen LogP contribution is -2.27. The van der Waals surface area contributed by atoms with Crippen molar-refractivity contribution in [3.8, 4) is 0 Å². The lowest BCUT2D eigenvalue weighted by molar-refractivity contribution is -0.175. The van der Waals surface area contributed by atoms with E-state index in [0.29, 0.717) is 0 Å². The van der Waals surface area contributed by atoms with Crippen LogP contribution in [-0.4, -0.2) is 26.4 Å². The largest absolute Gasteiger partial charge is 0.411 e. The molecule has 0 aliphatic carbocycles. The van der Waals surface area contributed by atoms with Crippen molar-refractivity contribution in [2.24, 2.45) is 0 Å². The maximum atomic E-state index is 13.8. The van der Waals surface area contributed by atoms with Gasteiger partial charge in [-0.25, -0.2) is 8.78 Å². The Morgan fingerprint density at radius 3 is 2.42 bits per heavy atom. The number of halogens is 5. The van der Waals surface area contributed by atoms with Crippen molar-refractivity contribution in [1.82, 2.24) is 5.32 Å². The van der Waals surface area contributed by atoms with E-state index in [4.69, 9.17) is 0 Å². The van der Waals surface area contributed by atoms with Crippen LogP contribution in [-0.2, 0) is 4.74 Å². The van der Waals surface area contributed by atoms with Crippen molar-refractivity contribution in [2.75, 3.05) is 20.3 Å². The van der Waals surface area contributed by atoms with Crippen LogP contribution in [0, 0.1) is 18.6 Å². The summed E-state index contributed by atoms with van der Waals surface area (Å²) in [5.41, 5.74) is -0.0999. The van der Waals surface area contributed by atoms with Gasteiger partial charge in [0.25, 0.3) is 0 Å². The van der Waals surface area contributed by atoms with Gasteiger partial charge in [0.2, 0.25) is 0 Å². The summed E-state index contributed by atoms with van der Waals surface area (Å²) in [5, 5.41) is 2.54. The number of rotatable bonds is 5. The molecule has 0 aliphatic heterocycles. The van der Waals surface area contributed by atoms with E-state index in [0.717, 1.165) is 6.07 Å². The van der Waals surface area contributed by atoms with Crippen LogP contribution in [0.2, 0.25) is 0 Å². The normalized spacial score (nSPS) is 13.6. The molecule has 108 valence electrons. The van der Waals surface area contributed by atoms with Crippen molar-refractivity contribution in [3.05, 3.63) is 34.9 Å². The summed E-state index contributed by atoms with van der Waals surface area (Å²) in [5.74, 6) is -1.60. The smallest absolute Gasteiger partial charge is 0.370 e. The zero-order valence-electron chi connectivity index (χ0n) is 10.4. The molecule has 19 heavy (non-hydrogen) atoms. The van der Waals surface area contributed by atoms with Gasteiger partial charge in [0.05, 0.1) is 12.6 Å². The average Bonchev–Trinajstić information content (AvgIpc) is 2.31. The molecule has 1 rings (SSSR count). The SMILES string of the molecule is CNC(COCC(F)(F)F)c1c(F)ccc(C)c1F. The fraction of sp³-hybridized carbons (Fsp3) is 0.500. The van der Waals surface area contributed by atoms with Gasteiger partial charge < -0.3 is 10.1 Å². The van der Waals surface area contributed by atoms with Gasteiger partial charge in [0, 0.05) is 5.56 Å². The van der Waals surface area contributed by atoms with Crippen LogP contribution in [0.15, 0.2) is 12.1 Å². The van der Waals surface area contributed by atoms with E-state index < -0.39 is 37.1 Å². The first-order valence-electron chi connectivity index (χ1n) is 5.52. The van der Waals surface area contributed by atoms with Crippen LogP contribution in [0.5, 0.6) is 0 Å². The Bertz CT molecular complexity index is 433. The second-order valence-electron chi connectivity index (χ2n) is 4.06. The third-order valence-corrected chi connectivity index (χ3v) is 2.57. The zero-order valence-corrected chi connectivity index (χ0v) is 10.4. The van der Waals surface area contributed by atoms with Gasteiger partial charge in [-0.2, -0.15) is 13.2 Å². The molecule has 1 aromatic carbocycles. The zero-order chi connectivity index (χ0) is 14.6. The van der Waals surface area contributed by atoms with Crippen LogP contribution >= 0.6 is 0 Å². The number of ether oxygens (including phenoxy) is 1. The van der Waals surface area contributed by atoms with Crippen molar-refractivity contribution in [3.63, 3.8) is 0 Å². The third kappa shape index (κ3) is 4.43. The Morgan fingerprint density at radius 1 is 1.26 bits per heavy atom. The fourth-order valence-corrected chi connectivity index (χ4v) is 1.60. The predicted molar refractivity (Wildman–Crippen MR) is 59.8 cm³/mol. The number of likely N-dealkylation sites (N-methyl/N-ethyl adjacent to an activating group) is 1. The first-order valence-corrected chi connectivity index (χ1v) is 5.52. The van der Waals surface area contributed by atoms with Crippen molar-refractivity contribution >= 4 is 0 Å². The molecule has 0 saturated heterocycles. The number of nitrogens with one attached hydrogen (secondary N) is 1. The predicted octanol–water partition coefficient (Wildman–Crippen LogP) is 3.11. The number of hydrogen-bond acceptors (Lipinski definition) is 2. The Kier molecular flexibility index (Phi) is 5.25. The fourth-order valence-electron chi connectivity index (χ4n) is 1.60. The van der Waals surface area contributed by atoms with Crippen molar-refractivity contribution < 1.29 is 26.7 Å². The minimum absolute atomic E-state index is 0.215. The molecule has 0 spiro atoms. The van der Waals surface area contributed by atoms with Gasteiger partial charge in [-0.15, -0.1) is 0 Å². The van der Waals surface area contributed by atoms with Crippen LogP contribution in [0.25, 0.3) is 0 Å². The highest BCUT2D eigenvalue weighted by Gasteiger charge is 2.29. The molecule has 7 heteroatoms. The van der Waals surface area contributed by atoms with Crippen LogP contribution in [0.4, 0.5) is 22.0 Å². The molecule has 0 heterocycles.